The summed E-state index contributed by atoms with van der Waals surface area (Å²) in [5, 5.41) is 7.34. The summed E-state index contributed by atoms with van der Waals surface area (Å²) in [7, 11) is -3.87. The molecule has 0 saturated heterocycles. The minimum absolute atomic E-state index is 0.0206. The lowest BCUT2D eigenvalue weighted by atomic mass is 10.3. The molecule has 1 aromatic carbocycles. The Balaban J connectivity index is 2.28. The molecule has 0 radical (unpaired) electrons. The number of nitrogens with two attached hydrogens (primary N) is 1. The van der Waals surface area contributed by atoms with Gasteiger partial charge < -0.3 is 5.73 Å². The molecule has 0 aliphatic carbocycles. The van der Waals surface area contributed by atoms with Gasteiger partial charge in [0, 0.05) is 11.9 Å². The Morgan fingerprint density at radius 1 is 1.25 bits per heavy atom. The van der Waals surface area contributed by atoms with Gasteiger partial charge in [-0.1, -0.05) is 23.2 Å². The zero-order valence-corrected chi connectivity index (χ0v) is 12.4. The Bertz CT molecular complexity index is 699. The molecule has 20 heavy (non-hydrogen) atoms. The summed E-state index contributed by atoms with van der Waals surface area (Å²) >= 11 is 11.8. The average Bonchev–Trinajstić information content (AvgIpc) is 2.36. The number of halogens is 2. The molecule has 1 aromatic heterocycles. The van der Waals surface area contributed by atoms with Gasteiger partial charge in [0.05, 0.1) is 22.3 Å². The monoisotopic (exact) mass is 332 g/mol. The van der Waals surface area contributed by atoms with Crippen LogP contribution in [0.3, 0.4) is 0 Å². The lowest BCUT2D eigenvalue weighted by molar-refractivity contribution is 0.580. The van der Waals surface area contributed by atoms with Crippen LogP contribution in [-0.2, 0) is 16.6 Å². The van der Waals surface area contributed by atoms with Gasteiger partial charge in [-0.2, -0.15) is 10.2 Å². The van der Waals surface area contributed by atoms with Crippen LogP contribution >= 0.6 is 23.2 Å². The predicted molar refractivity (Wildman–Crippen MR) is 76.9 cm³/mol. The van der Waals surface area contributed by atoms with Gasteiger partial charge in [-0.15, -0.1) is 0 Å². The molecule has 0 amide bonds. The minimum atomic E-state index is -3.87. The van der Waals surface area contributed by atoms with Gasteiger partial charge >= 0.3 is 0 Å². The number of nitrogens with one attached hydrogen (secondary N) is 1. The summed E-state index contributed by atoms with van der Waals surface area (Å²) in [6, 6.07) is 5.94. The topological polar surface area (TPSA) is 98.0 Å². The molecule has 0 aliphatic heterocycles. The van der Waals surface area contributed by atoms with Gasteiger partial charge in [0.1, 0.15) is 4.90 Å². The van der Waals surface area contributed by atoms with Crippen LogP contribution in [0.25, 0.3) is 0 Å². The number of benzene rings is 1. The fourth-order valence-corrected chi connectivity index (χ4v) is 3.73. The lowest BCUT2D eigenvalue weighted by Crippen LogP contribution is -2.24. The standard InChI is InChI=1S/C11H10Cl2N4O2S/c12-9-4-7(14)5-10(13)11(9)20(18,19)16-6-8-2-1-3-15-17-8/h1-5,16H,6,14H2. The minimum Gasteiger partial charge on any atom is -0.399 e. The predicted octanol–water partition coefficient (Wildman–Crippen LogP) is 1.84. The van der Waals surface area contributed by atoms with E-state index in [9.17, 15) is 8.42 Å². The molecule has 3 N–H and O–H groups in total. The Kier molecular flexibility index (Phi) is 4.44. The third kappa shape index (κ3) is 3.37. The van der Waals surface area contributed by atoms with Crippen LogP contribution in [0.1, 0.15) is 5.69 Å². The normalized spacial score (nSPS) is 11.5. The third-order valence-corrected chi connectivity index (χ3v) is 4.68. The van der Waals surface area contributed by atoms with Crippen molar-refractivity contribution in [3.8, 4) is 0 Å². The third-order valence-electron chi connectivity index (χ3n) is 2.36. The molecule has 0 spiro atoms. The molecular formula is C11H10Cl2N4O2S. The second-order valence-electron chi connectivity index (χ2n) is 3.85. The average molecular weight is 333 g/mol. The number of hydrogen-bond acceptors (Lipinski definition) is 5. The number of aromatic nitrogens is 2. The van der Waals surface area contributed by atoms with Crippen LogP contribution in [0.5, 0.6) is 0 Å². The van der Waals surface area contributed by atoms with Gasteiger partial charge in [0.25, 0.3) is 0 Å². The number of nitrogen functional groups attached to an aromatic ring is 1. The van der Waals surface area contributed by atoms with Crippen LogP contribution in [0.4, 0.5) is 5.69 Å². The number of sulfonamides is 1. The van der Waals surface area contributed by atoms with E-state index in [1.807, 2.05) is 0 Å². The lowest BCUT2D eigenvalue weighted by Gasteiger charge is -2.10. The van der Waals surface area contributed by atoms with Crippen LogP contribution in [0.15, 0.2) is 35.4 Å². The molecule has 0 atom stereocenters. The van der Waals surface area contributed by atoms with Gasteiger partial charge in [-0.25, -0.2) is 13.1 Å². The van der Waals surface area contributed by atoms with Crippen LogP contribution in [-0.4, -0.2) is 18.6 Å². The van der Waals surface area contributed by atoms with Crippen LogP contribution in [0, 0.1) is 0 Å². The van der Waals surface area contributed by atoms with E-state index in [1.165, 1.54) is 18.3 Å². The summed E-state index contributed by atoms with van der Waals surface area (Å²) in [6.45, 7) is -0.0206. The maximum Gasteiger partial charge on any atom is 0.243 e. The highest BCUT2D eigenvalue weighted by Gasteiger charge is 2.22. The van der Waals surface area contributed by atoms with Gasteiger partial charge in [0.15, 0.2) is 0 Å². The Morgan fingerprint density at radius 2 is 1.90 bits per heavy atom. The molecule has 0 bridgehead atoms. The van der Waals surface area contributed by atoms with Crippen molar-refractivity contribution < 1.29 is 8.42 Å². The number of nitrogens with zero attached hydrogens (tertiary/aromatic N) is 2. The van der Waals surface area contributed by atoms with Crippen LogP contribution < -0.4 is 10.5 Å². The summed E-state index contributed by atoms with van der Waals surface area (Å²) < 4.78 is 26.7. The van der Waals surface area contributed by atoms with E-state index < -0.39 is 10.0 Å². The molecule has 2 rings (SSSR count). The van der Waals surface area contributed by atoms with Crippen molar-refractivity contribution in [2.24, 2.45) is 0 Å². The maximum absolute atomic E-state index is 12.2. The van der Waals surface area contributed by atoms with E-state index in [0.29, 0.717) is 5.69 Å². The zero-order chi connectivity index (χ0) is 14.8. The van der Waals surface area contributed by atoms with Crippen molar-refractivity contribution in [1.82, 2.24) is 14.9 Å². The Morgan fingerprint density at radius 3 is 2.45 bits per heavy atom. The van der Waals surface area contributed by atoms with E-state index in [2.05, 4.69) is 14.9 Å². The highest BCUT2D eigenvalue weighted by Crippen LogP contribution is 2.31. The van der Waals surface area contributed by atoms with Crippen LogP contribution in [0.2, 0.25) is 10.0 Å². The quantitative estimate of drug-likeness (QED) is 0.832. The van der Waals surface area contributed by atoms with Crippen molar-refractivity contribution in [2.45, 2.75) is 11.4 Å². The fourth-order valence-electron chi connectivity index (χ4n) is 1.51. The second kappa shape index (κ2) is 5.92. The number of hydrogen-bond donors (Lipinski definition) is 2. The van der Waals surface area contributed by atoms with E-state index >= 15 is 0 Å². The van der Waals surface area contributed by atoms with Crippen molar-refractivity contribution >= 4 is 38.9 Å². The van der Waals surface area contributed by atoms with Crippen molar-refractivity contribution in [3.63, 3.8) is 0 Å². The molecule has 6 nitrogen and oxygen atoms in total. The molecule has 1 heterocycles. The van der Waals surface area contributed by atoms with Gasteiger partial charge in [-0.3, -0.25) is 0 Å². The SMILES string of the molecule is Nc1cc(Cl)c(S(=O)(=O)NCc2cccnn2)c(Cl)c1. The fraction of sp³-hybridized carbons (Fsp3) is 0.0909. The van der Waals surface area contributed by atoms with Crippen molar-refractivity contribution in [1.29, 1.82) is 0 Å². The smallest absolute Gasteiger partial charge is 0.243 e. The highest BCUT2D eigenvalue weighted by atomic mass is 35.5. The Labute approximate surface area is 126 Å². The van der Waals surface area contributed by atoms with Crippen molar-refractivity contribution in [2.75, 3.05) is 5.73 Å². The van der Waals surface area contributed by atoms with E-state index in [-0.39, 0.29) is 27.2 Å². The largest absolute Gasteiger partial charge is 0.399 e. The summed E-state index contributed by atoms with van der Waals surface area (Å²) in [5.74, 6) is 0. The van der Waals surface area contributed by atoms with E-state index in [0.717, 1.165) is 0 Å². The first kappa shape index (κ1) is 15.0. The first-order valence-electron chi connectivity index (χ1n) is 5.41. The summed E-state index contributed by atoms with van der Waals surface area (Å²) in [6.07, 6.45) is 1.49. The molecule has 9 heteroatoms. The number of rotatable bonds is 4. The molecule has 0 saturated carbocycles. The van der Waals surface area contributed by atoms with Gasteiger partial charge in [-0.05, 0) is 24.3 Å². The molecule has 106 valence electrons. The molecule has 0 unspecified atom stereocenters. The Hall–Kier alpha value is -1.41. The van der Waals surface area contributed by atoms with Gasteiger partial charge in [0.2, 0.25) is 10.0 Å². The molecule has 2 aromatic rings. The summed E-state index contributed by atoms with van der Waals surface area (Å²) in [4.78, 5) is -0.209. The molecule has 0 aliphatic rings. The first-order chi connectivity index (χ1) is 9.40. The maximum atomic E-state index is 12.2. The van der Waals surface area contributed by atoms with E-state index in [4.69, 9.17) is 28.9 Å². The molecule has 0 fully saturated rings. The zero-order valence-electron chi connectivity index (χ0n) is 10.0. The van der Waals surface area contributed by atoms with Crippen molar-refractivity contribution in [3.05, 3.63) is 46.2 Å². The van der Waals surface area contributed by atoms with E-state index in [1.54, 1.807) is 12.1 Å². The first-order valence-corrected chi connectivity index (χ1v) is 7.65. The number of anilines is 1. The second-order valence-corrected chi connectivity index (χ2v) is 6.37. The molecular weight excluding hydrogens is 323 g/mol. The summed E-state index contributed by atoms with van der Waals surface area (Å²) in [5.41, 5.74) is 6.29. The highest BCUT2D eigenvalue weighted by molar-refractivity contribution is 7.89.